The van der Waals surface area contributed by atoms with Crippen molar-refractivity contribution < 1.29 is 10.0 Å². The fourth-order valence-electron chi connectivity index (χ4n) is 0.733. The number of nitro groups is 1. The Hall–Kier alpha value is -0.810. The first kappa shape index (κ1) is 9.28. The maximum Gasteiger partial charge on any atom is 0.329 e. The van der Waals surface area contributed by atoms with E-state index < -0.39 is 16.4 Å². The highest BCUT2D eigenvalue weighted by Gasteiger charge is 2.18. The highest BCUT2D eigenvalue weighted by atomic mass is 79.9. The van der Waals surface area contributed by atoms with E-state index in [1.54, 1.807) is 0 Å². The van der Waals surface area contributed by atoms with E-state index in [-0.39, 0.29) is 5.02 Å². The van der Waals surface area contributed by atoms with Crippen molar-refractivity contribution in [2.45, 2.75) is 0 Å². The minimum absolute atomic E-state index is 0.0909. The van der Waals surface area contributed by atoms with Crippen LogP contribution in [-0.2, 0) is 0 Å². The Balaban J connectivity index is 3.38. The number of benzene rings is 1. The summed E-state index contributed by atoms with van der Waals surface area (Å²) < 4.78 is 0.496. The molecule has 0 bridgehead atoms. The molecule has 12 heavy (non-hydrogen) atoms. The molecular weight excluding hydrogens is 249 g/mol. The third-order valence-corrected chi connectivity index (χ3v) is 1.94. The number of rotatable bonds is 1. The summed E-state index contributed by atoms with van der Waals surface area (Å²) in [5.41, 5.74) is -0.472. The molecule has 1 rings (SSSR count). The van der Waals surface area contributed by atoms with Gasteiger partial charge in [-0.2, -0.15) is 0 Å². The third kappa shape index (κ3) is 1.67. The van der Waals surface area contributed by atoms with Gasteiger partial charge in [0.2, 0.25) is 0 Å². The average Bonchev–Trinajstić information content (AvgIpc) is 1.82. The molecule has 0 spiro atoms. The molecule has 0 aliphatic heterocycles. The number of aromatic hydroxyl groups is 1. The van der Waals surface area contributed by atoms with E-state index in [2.05, 4.69) is 15.9 Å². The zero-order valence-corrected chi connectivity index (χ0v) is 7.96. The second-order valence-corrected chi connectivity index (χ2v) is 3.34. The van der Waals surface area contributed by atoms with Crippen LogP contribution in [0.15, 0.2) is 16.6 Å². The highest BCUT2D eigenvalue weighted by molar-refractivity contribution is 9.10. The summed E-state index contributed by atoms with van der Waals surface area (Å²) in [4.78, 5) is 9.57. The second-order valence-electron chi connectivity index (χ2n) is 2.01. The van der Waals surface area contributed by atoms with Gasteiger partial charge in [-0.05, 0) is 6.07 Å². The molecule has 64 valence electrons. The minimum Gasteiger partial charge on any atom is -0.502 e. The molecule has 0 saturated heterocycles. The SMILES string of the molecule is O=[N+]([O-])c1c(O)cc(Br)cc1Cl. The Labute approximate surface area is 81.0 Å². The molecular formula is C6H3BrClNO3. The summed E-state index contributed by atoms with van der Waals surface area (Å²) in [7, 11) is 0. The van der Waals surface area contributed by atoms with Crippen LogP contribution in [0.2, 0.25) is 5.02 Å². The van der Waals surface area contributed by atoms with Crippen LogP contribution >= 0.6 is 27.5 Å². The molecule has 0 aromatic heterocycles. The van der Waals surface area contributed by atoms with Crippen LogP contribution in [0.3, 0.4) is 0 Å². The molecule has 0 radical (unpaired) electrons. The average molecular weight is 252 g/mol. The zero-order chi connectivity index (χ0) is 9.30. The molecule has 0 atom stereocenters. The number of nitro benzene ring substituents is 1. The van der Waals surface area contributed by atoms with Crippen LogP contribution in [-0.4, -0.2) is 10.0 Å². The summed E-state index contributed by atoms with van der Waals surface area (Å²) in [6.07, 6.45) is 0. The molecule has 1 aromatic carbocycles. The van der Waals surface area contributed by atoms with Gasteiger partial charge in [0, 0.05) is 10.5 Å². The van der Waals surface area contributed by atoms with Crippen molar-refractivity contribution >= 4 is 33.2 Å². The summed E-state index contributed by atoms with van der Waals surface area (Å²) in [6, 6.07) is 2.56. The molecule has 0 unspecified atom stereocenters. The lowest BCUT2D eigenvalue weighted by molar-refractivity contribution is -0.385. The van der Waals surface area contributed by atoms with Crippen molar-refractivity contribution in [1.82, 2.24) is 0 Å². The van der Waals surface area contributed by atoms with E-state index >= 15 is 0 Å². The topological polar surface area (TPSA) is 63.4 Å². The van der Waals surface area contributed by atoms with Gasteiger partial charge in [0.15, 0.2) is 5.75 Å². The van der Waals surface area contributed by atoms with Crippen LogP contribution in [0.1, 0.15) is 0 Å². The van der Waals surface area contributed by atoms with Crippen molar-refractivity contribution in [3.8, 4) is 5.75 Å². The number of hydrogen-bond donors (Lipinski definition) is 1. The molecule has 0 amide bonds. The molecule has 0 aliphatic rings. The summed E-state index contributed by atoms with van der Waals surface area (Å²) in [5, 5.41) is 19.3. The molecule has 0 saturated carbocycles. The van der Waals surface area contributed by atoms with E-state index in [1.165, 1.54) is 12.1 Å². The van der Waals surface area contributed by atoms with Gasteiger partial charge in [-0.25, -0.2) is 0 Å². The fourth-order valence-corrected chi connectivity index (χ4v) is 1.59. The Morgan fingerprint density at radius 3 is 2.58 bits per heavy atom. The largest absolute Gasteiger partial charge is 0.502 e. The fraction of sp³-hybridized carbons (Fsp3) is 0. The second kappa shape index (κ2) is 3.28. The van der Waals surface area contributed by atoms with Crippen molar-refractivity contribution in [2.75, 3.05) is 0 Å². The van der Waals surface area contributed by atoms with Crippen LogP contribution in [0.25, 0.3) is 0 Å². The first-order valence-electron chi connectivity index (χ1n) is 2.85. The van der Waals surface area contributed by atoms with Crippen LogP contribution < -0.4 is 0 Å². The van der Waals surface area contributed by atoms with E-state index in [9.17, 15) is 10.1 Å². The van der Waals surface area contributed by atoms with Gasteiger partial charge in [-0.3, -0.25) is 10.1 Å². The summed E-state index contributed by atoms with van der Waals surface area (Å²) >= 11 is 8.53. The van der Waals surface area contributed by atoms with Crippen LogP contribution in [0.5, 0.6) is 5.75 Å². The zero-order valence-electron chi connectivity index (χ0n) is 5.62. The Kier molecular flexibility index (Phi) is 2.54. The number of phenols is 1. The van der Waals surface area contributed by atoms with Crippen LogP contribution in [0, 0.1) is 10.1 Å². The highest BCUT2D eigenvalue weighted by Crippen LogP contribution is 2.36. The lowest BCUT2D eigenvalue weighted by Crippen LogP contribution is -1.89. The monoisotopic (exact) mass is 251 g/mol. The van der Waals surface area contributed by atoms with E-state index in [1.807, 2.05) is 0 Å². The number of phenolic OH excluding ortho intramolecular Hbond substituents is 1. The molecule has 1 N–H and O–H groups in total. The van der Waals surface area contributed by atoms with Gasteiger partial charge in [-0.1, -0.05) is 27.5 Å². The quantitative estimate of drug-likeness (QED) is 0.617. The number of hydrogen-bond acceptors (Lipinski definition) is 3. The van der Waals surface area contributed by atoms with Crippen molar-refractivity contribution in [2.24, 2.45) is 0 Å². The molecule has 1 aromatic rings. The Morgan fingerprint density at radius 1 is 1.58 bits per heavy atom. The van der Waals surface area contributed by atoms with Crippen molar-refractivity contribution in [1.29, 1.82) is 0 Å². The molecule has 0 fully saturated rings. The van der Waals surface area contributed by atoms with Gasteiger partial charge in [0.05, 0.1) is 4.92 Å². The predicted octanol–water partition coefficient (Wildman–Crippen LogP) is 2.72. The first-order valence-corrected chi connectivity index (χ1v) is 4.02. The van der Waals surface area contributed by atoms with Crippen LogP contribution in [0.4, 0.5) is 5.69 Å². The number of halogens is 2. The molecule has 6 heteroatoms. The molecule has 0 aliphatic carbocycles. The van der Waals surface area contributed by atoms with E-state index in [4.69, 9.17) is 16.7 Å². The minimum atomic E-state index is -0.732. The summed E-state index contributed by atoms with van der Waals surface area (Å²) in [6.45, 7) is 0. The van der Waals surface area contributed by atoms with E-state index in [0.29, 0.717) is 4.47 Å². The molecule has 0 heterocycles. The standard InChI is InChI=1S/C6H3BrClNO3/c7-3-1-4(8)6(9(11)12)5(10)2-3/h1-2,10H. The maximum atomic E-state index is 10.3. The van der Waals surface area contributed by atoms with Crippen molar-refractivity contribution in [3.05, 3.63) is 31.7 Å². The molecule has 4 nitrogen and oxygen atoms in total. The van der Waals surface area contributed by atoms with Gasteiger partial charge in [-0.15, -0.1) is 0 Å². The first-order chi connectivity index (χ1) is 5.52. The van der Waals surface area contributed by atoms with Crippen molar-refractivity contribution in [3.63, 3.8) is 0 Å². The van der Waals surface area contributed by atoms with E-state index in [0.717, 1.165) is 0 Å². The van der Waals surface area contributed by atoms with Gasteiger partial charge in [0.1, 0.15) is 5.02 Å². The third-order valence-electron chi connectivity index (χ3n) is 1.19. The van der Waals surface area contributed by atoms with Gasteiger partial charge < -0.3 is 5.11 Å². The number of nitrogens with zero attached hydrogens (tertiary/aromatic N) is 1. The van der Waals surface area contributed by atoms with Gasteiger partial charge >= 0.3 is 5.69 Å². The normalized spacial score (nSPS) is 9.83. The lowest BCUT2D eigenvalue weighted by atomic mass is 10.3. The Morgan fingerprint density at radius 2 is 2.17 bits per heavy atom. The Bertz CT molecular complexity index is 319. The maximum absolute atomic E-state index is 10.3. The lowest BCUT2D eigenvalue weighted by Gasteiger charge is -1.98. The smallest absolute Gasteiger partial charge is 0.329 e. The summed E-state index contributed by atoms with van der Waals surface area (Å²) in [5.74, 6) is -0.445. The van der Waals surface area contributed by atoms with Gasteiger partial charge in [0.25, 0.3) is 0 Å². The predicted molar refractivity (Wildman–Crippen MR) is 47.5 cm³/mol.